The number of aromatic nitrogens is 3. The lowest BCUT2D eigenvalue weighted by atomic mass is 10.1. The first-order chi connectivity index (χ1) is 9.72. The van der Waals surface area contributed by atoms with Crippen molar-refractivity contribution >= 4 is 11.6 Å². The first kappa shape index (κ1) is 12.3. The largest absolute Gasteiger partial charge is 0.497 e. The summed E-state index contributed by atoms with van der Waals surface area (Å²) in [6, 6.07) is 11.5. The van der Waals surface area contributed by atoms with Crippen LogP contribution in [0.5, 0.6) is 11.6 Å². The van der Waals surface area contributed by atoms with Crippen molar-refractivity contribution in [3.05, 3.63) is 36.4 Å². The fraction of sp³-hybridized carbons (Fsp3) is 0.143. The van der Waals surface area contributed by atoms with Gasteiger partial charge >= 0.3 is 0 Å². The molecule has 102 valence electrons. The third-order valence-electron chi connectivity index (χ3n) is 3.06. The molecule has 0 radical (unpaired) electrons. The summed E-state index contributed by atoms with van der Waals surface area (Å²) in [6.07, 6.45) is 0. The van der Waals surface area contributed by atoms with Gasteiger partial charge in [-0.25, -0.2) is 0 Å². The van der Waals surface area contributed by atoms with Crippen LogP contribution in [0.1, 0.15) is 0 Å². The third kappa shape index (κ3) is 1.91. The highest BCUT2D eigenvalue weighted by Crippen LogP contribution is 2.29. The van der Waals surface area contributed by atoms with Gasteiger partial charge in [0.05, 0.1) is 14.2 Å². The zero-order chi connectivity index (χ0) is 14.1. The van der Waals surface area contributed by atoms with Crippen molar-refractivity contribution < 1.29 is 9.47 Å². The van der Waals surface area contributed by atoms with Gasteiger partial charge in [-0.3, -0.25) is 0 Å². The normalized spacial score (nSPS) is 10.7. The average Bonchev–Trinajstić information content (AvgIpc) is 2.87. The first-order valence-electron chi connectivity index (χ1n) is 6.06. The SMILES string of the molecule is COc1cccc(-c2ccc(OC)n3nc(N)nc23)c1. The quantitative estimate of drug-likeness (QED) is 0.787. The molecule has 2 N–H and O–H groups in total. The van der Waals surface area contributed by atoms with E-state index in [0.717, 1.165) is 16.9 Å². The molecule has 0 spiro atoms. The number of nitrogen functional groups attached to an aromatic ring is 1. The van der Waals surface area contributed by atoms with Gasteiger partial charge < -0.3 is 15.2 Å². The number of benzene rings is 1. The third-order valence-corrected chi connectivity index (χ3v) is 3.06. The van der Waals surface area contributed by atoms with E-state index in [4.69, 9.17) is 15.2 Å². The summed E-state index contributed by atoms with van der Waals surface area (Å²) in [5, 5.41) is 4.14. The molecular formula is C14H14N4O2. The number of fused-ring (bicyclic) bond motifs is 1. The predicted octanol–water partition coefficient (Wildman–Crippen LogP) is 2.00. The summed E-state index contributed by atoms with van der Waals surface area (Å²) in [4.78, 5) is 4.26. The summed E-state index contributed by atoms with van der Waals surface area (Å²) in [7, 11) is 3.22. The lowest BCUT2D eigenvalue weighted by Gasteiger charge is -2.08. The topological polar surface area (TPSA) is 74.7 Å². The average molecular weight is 270 g/mol. The zero-order valence-corrected chi connectivity index (χ0v) is 11.2. The molecule has 3 aromatic rings. The van der Waals surface area contributed by atoms with Crippen molar-refractivity contribution in [2.75, 3.05) is 20.0 Å². The Balaban J connectivity index is 2.25. The number of methoxy groups -OCH3 is 2. The fourth-order valence-electron chi connectivity index (χ4n) is 2.13. The molecule has 2 heterocycles. The van der Waals surface area contributed by atoms with Gasteiger partial charge in [-0.1, -0.05) is 12.1 Å². The number of rotatable bonds is 3. The Morgan fingerprint density at radius 3 is 2.70 bits per heavy atom. The van der Waals surface area contributed by atoms with E-state index < -0.39 is 0 Å². The van der Waals surface area contributed by atoms with Crippen LogP contribution in [-0.4, -0.2) is 28.8 Å². The number of pyridine rings is 1. The molecule has 6 heteroatoms. The molecule has 0 saturated carbocycles. The highest BCUT2D eigenvalue weighted by Gasteiger charge is 2.12. The molecule has 1 aromatic carbocycles. The molecule has 2 aromatic heterocycles. The van der Waals surface area contributed by atoms with Gasteiger partial charge in [0.1, 0.15) is 5.75 Å². The molecule has 0 aliphatic heterocycles. The van der Waals surface area contributed by atoms with Gasteiger partial charge in [-0.05, 0) is 23.8 Å². The van der Waals surface area contributed by atoms with Crippen LogP contribution in [-0.2, 0) is 0 Å². The van der Waals surface area contributed by atoms with E-state index in [1.165, 1.54) is 0 Å². The smallest absolute Gasteiger partial charge is 0.240 e. The van der Waals surface area contributed by atoms with Gasteiger partial charge in [0.25, 0.3) is 0 Å². The molecule has 0 amide bonds. The second kappa shape index (κ2) is 4.73. The Hall–Kier alpha value is -2.76. The van der Waals surface area contributed by atoms with Gasteiger partial charge in [0.15, 0.2) is 5.65 Å². The Bertz CT molecular complexity index is 767. The molecule has 0 atom stereocenters. The molecule has 0 aliphatic carbocycles. The van der Waals surface area contributed by atoms with Crippen LogP contribution in [0.2, 0.25) is 0 Å². The summed E-state index contributed by atoms with van der Waals surface area (Å²) < 4.78 is 12.1. The summed E-state index contributed by atoms with van der Waals surface area (Å²) in [6.45, 7) is 0. The molecule has 0 aliphatic rings. The van der Waals surface area contributed by atoms with Crippen LogP contribution >= 0.6 is 0 Å². The van der Waals surface area contributed by atoms with Crippen molar-refractivity contribution in [3.63, 3.8) is 0 Å². The summed E-state index contributed by atoms with van der Waals surface area (Å²) >= 11 is 0. The molecule has 20 heavy (non-hydrogen) atoms. The van der Waals surface area contributed by atoms with Crippen LogP contribution in [0.3, 0.4) is 0 Å². The highest BCUT2D eigenvalue weighted by atomic mass is 16.5. The van der Waals surface area contributed by atoms with Crippen molar-refractivity contribution in [3.8, 4) is 22.8 Å². The minimum atomic E-state index is 0.207. The Labute approximate surface area is 115 Å². The van der Waals surface area contributed by atoms with Crippen molar-refractivity contribution in [1.29, 1.82) is 0 Å². The minimum Gasteiger partial charge on any atom is -0.497 e. The van der Waals surface area contributed by atoms with Gasteiger partial charge in [-0.15, -0.1) is 5.10 Å². The number of anilines is 1. The van der Waals surface area contributed by atoms with E-state index in [9.17, 15) is 0 Å². The van der Waals surface area contributed by atoms with Crippen LogP contribution in [0, 0.1) is 0 Å². The van der Waals surface area contributed by atoms with E-state index in [0.29, 0.717) is 11.5 Å². The fourth-order valence-corrected chi connectivity index (χ4v) is 2.13. The molecular weight excluding hydrogens is 256 g/mol. The Kier molecular flexibility index (Phi) is 2.90. The molecule has 0 bridgehead atoms. The van der Waals surface area contributed by atoms with Gasteiger partial charge in [0.2, 0.25) is 11.8 Å². The maximum Gasteiger partial charge on any atom is 0.240 e. The number of nitrogens with zero attached hydrogens (tertiary/aromatic N) is 3. The standard InChI is InChI=1S/C14H14N4O2/c1-19-10-5-3-4-9(8-10)11-6-7-12(20-2)18-13(11)16-14(15)17-18/h3-8H,1-2H3,(H2,15,17). The summed E-state index contributed by atoms with van der Waals surface area (Å²) in [5.41, 5.74) is 8.23. The van der Waals surface area contributed by atoms with Crippen LogP contribution in [0.4, 0.5) is 5.95 Å². The first-order valence-corrected chi connectivity index (χ1v) is 6.06. The molecule has 0 unspecified atom stereocenters. The number of hydrogen-bond acceptors (Lipinski definition) is 5. The lowest BCUT2D eigenvalue weighted by molar-refractivity contribution is 0.386. The Morgan fingerprint density at radius 1 is 1.10 bits per heavy atom. The monoisotopic (exact) mass is 270 g/mol. The molecule has 0 fully saturated rings. The van der Waals surface area contributed by atoms with E-state index in [-0.39, 0.29) is 5.95 Å². The summed E-state index contributed by atoms with van der Waals surface area (Å²) in [5.74, 6) is 1.57. The van der Waals surface area contributed by atoms with Crippen molar-refractivity contribution in [1.82, 2.24) is 14.6 Å². The second-order valence-corrected chi connectivity index (χ2v) is 4.23. The number of nitrogens with two attached hydrogens (primary N) is 1. The Morgan fingerprint density at radius 2 is 1.95 bits per heavy atom. The maximum absolute atomic E-state index is 5.69. The number of hydrogen-bond donors (Lipinski definition) is 1. The molecule has 6 nitrogen and oxygen atoms in total. The van der Waals surface area contributed by atoms with Crippen molar-refractivity contribution in [2.45, 2.75) is 0 Å². The van der Waals surface area contributed by atoms with Crippen LogP contribution < -0.4 is 15.2 Å². The minimum absolute atomic E-state index is 0.207. The van der Waals surface area contributed by atoms with Crippen molar-refractivity contribution in [2.24, 2.45) is 0 Å². The zero-order valence-electron chi connectivity index (χ0n) is 11.2. The van der Waals surface area contributed by atoms with E-state index in [1.807, 2.05) is 36.4 Å². The maximum atomic E-state index is 5.69. The lowest BCUT2D eigenvalue weighted by Crippen LogP contribution is -1.97. The van der Waals surface area contributed by atoms with Crippen LogP contribution in [0.25, 0.3) is 16.8 Å². The van der Waals surface area contributed by atoms with E-state index in [2.05, 4.69) is 10.1 Å². The molecule has 0 saturated heterocycles. The van der Waals surface area contributed by atoms with E-state index in [1.54, 1.807) is 18.7 Å². The van der Waals surface area contributed by atoms with Gasteiger partial charge in [0, 0.05) is 11.6 Å². The second-order valence-electron chi connectivity index (χ2n) is 4.23. The van der Waals surface area contributed by atoms with Crippen LogP contribution in [0.15, 0.2) is 36.4 Å². The number of ether oxygens (including phenoxy) is 2. The predicted molar refractivity (Wildman–Crippen MR) is 75.9 cm³/mol. The molecule has 3 rings (SSSR count). The van der Waals surface area contributed by atoms with E-state index >= 15 is 0 Å². The van der Waals surface area contributed by atoms with Gasteiger partial charge in [-0.2, -0.15) is 9.50 Å². The highest BCUT2D eigenvalue weighted by molar-refractivity contribution is 5.79.